The van der Waals surface area contributed by atoms with Gasteiger partial charge in [-0.3, -0.25) is 0 Å². The molecule has 8 heteroatoms. The van der Waals surface area contributed by atoms with Gasteiger partial charge in [0.1, 0.15) is 12.4 Å². The number of rotatable bonds is 5. The summed E-state index contributed by atoms with van der Waals surface area (Å²) in [6, 6.07) is 4.69. The fraction of sp³-hybridized carbons (Fsp3) is 0.308. The fourth-order valence-corrected chi connectivity index (χ4v) is 3.02. The van der Waals surface area contributed by atoms with Crippen molar-refractivity contribution >= 4 is 26.0 Å². The molecule has 6 nitrogen and oxygen atoms in total. The fourth-order valence-electron chi connectivity index (χ4n) is 1.84. The molecule has 0 saturated carbocycles. The SMILES string of the molecule is CC(C)n1cncc1COc1ccc(S(N)(=O)=O)cc1Br. The van der Waals surface area contributed by atoms with Crippen molar-refractivity contribution in [3.63, 3.8) is 0 Å². The van der Waals surface area contributed by atoms with Crippen molar-refractivity contribution in [1.82, 2.24) is 9.55 Å². The molecule has 2 aromatic rings. The second-order valence-electron chi connectivity index (χ2n) is 4.81. The number of hydrogen-bond donors (Lipinski definition) is 1. The first-order valence-electron chi connectivity index (χ1n) is 6.25. The van der Waals surface area contributed by atoms with Gasteiger partial charge in [-0.15, -0.1) is 0 Å². The molecule has 114 valence electrons. The van der Waals surface area contributed by atoms with E-state index in [9.17, 15) is 8.42 Å². The molecule has 0 aliphatic rings. The molecule has 0 radical (unpaired) electrons. The van der Waals surface area contributed by atoms with Crippen LogP contribution in [0.5, 0.6) is 5.75 Å². The van der Waals surface area contributed by atoms with E-state index >= 15 is 0 Å². The summed E-state index contributed by atoms with van der Waals surface area (Å²) in [5.74, 6) is 0.541. The first-order chi connectivity index (χ1) is 9.79. The molecule has 2 rings (SSSR count). The molecule has 0 spiro atoms. The number of nitrogens with two attached hydrogens (primary N) is 1. The van der Waals surface area contributed by atoms with Gasteiger partial charge >= 0.3 is 0 Å². The van der Waals surface area contributed by atoms with E-state index in [0.29, 0.717) is 22.9 Å². The number of hydrogen-bond acceptors (Lipinski definition) is 4. The van der Waals surface area contributed by atoms with E-state index in [1.807, 2.05) is 4.57 Å². The predicted octanol–water partition coefficient (Wildman–Crippen LogP) is 2.45. The Bertz CT molecular complexity index is 741. The number of primary sulfonamides is 1. The highest BCUT2D eigenvalue weighted by atomic mass is 79.9. The third-order valence-electron chi connectivity index (χ3n) is 2.91. The summed E-state index contributed by atoms with van der Waals surface area (Å²) in [7, 11) is -3.72. The number of sulfonamides is 1. The molecule has 1 aromatic carbocycles. The normalized spacial score (nSPS) is 11.9. The Morgan fingerprint density at radius 1 is 1.43 bits per heavy atom. The number of nitrogens with zero attached hydrogens (tertiary/aromatic N) is 2. The van der Waals surface area contributed by atoms with E-state index in [4.69, 9.17) is 9.88 Å². The number of benzene rings is 1. The summed E-state index contributed by atoms with van der Waals surface area (Å²) in [6.45, 7) is 4.45. The molecule has 0 atom stereocenters. The first kappa shape index (κ1) is 16.0. The van der Waals surface area contributed by atoms with Crippen molar-refractivity contribution in [3.05, 3.63) is 40.9 Å². The van der Waals surface area contributed by atoms with Gasteiger partial charge in [0.2, 0.25) is 10.0 Å². The van der Waals surface area contributed by atoms with Crippen LogP contribution in [0.4, 0.5) is 0 Å². The van der Waals surface area contributed by atoms with Crippen molar-refractivity contribution in [2.24, 2.45) is 5.14 Å². The highest BCUT2D eigenvalue weighted by molar-refractivity contribution is 9.10. The van der Waals surface area contributed by atoms with Gasteiger partial charge in [-0.1, -0.05) is 0 Å². The maximum absolute atomic E-state index is 11.3. The summed E-state index contributed by atoms with van der Waals surface area (Å²) >= 11 is 3.28. The Kier molecular flexibility index (Phi) is 4.70. The zero-order valence-electron chi connectivity index (χ0n) is 11.7. The van der Waals surface area contributed by atoms with Gasteiger partial charge in [0.25, 0.3) is 0 Å². The summed E-state index contributed by atoms with van der Waals surface area (Å²) in [6.07, 6.45) is 3.50. The second kappa shape index (κ2) is 6.17. The first-order valence-corrected chi connectivity index (χ1v) is 8.59. The molecule has 0 aliphatic heterocycles. The van der Waals surface area contributed by atoms with Crippen molar-refractivity contribution < 1.29 is 13.2 Å². The number of halogens is 1. The molecule has 2 N–H and O–H groups in total. The average Bonchev–Trinajstić information content (AvgIpc) is 2.84. The van der Waals surface area contributed by atoms with Crippen LogP contribution in [0.3, 0.4) is 0 Å². The van der Waals surface area contributed by atoms with Crippen molar-refractivity contribution in [1.29, 1.82) is 0 Å². The highest BCUT2D eigenvalue weighted by Gasteiger charge is 2.12. The van der Waals surface area contributed by atoms with Crippen molar-refractivity contribution in [2.75, 3.05) is 0 Å². The molecule has 0 amide bonds. The zero-order valence-corrected chi connectivity index (χ0v) is 14.1. The zero-order chi connectivity index (χ0) is 15.6. The summed E-state index contributed by atoms with van der Waals surface area (Å²) < 4.78 is 30.8. The lowest BCUT2D eigenvalue weighted by atomic mass is 10.3. The van der Waals surface area contributed by atoms with Gasteiger partial charge in [-0.2, -0.15) is 0 Å². The van der Waals surface area contributed by atoms with Crippen LogP contribution in [0.2, 0.25) is 0 Å². The Hall–Kier alpha value is -1.38. The molecule has 0 saturated heterocycles. The highest BCUT2D eigenvalue weighted by Crippen LogP contribution is 2.28. The van der Waals surface area contributed by atoms with Crippen LogP contribution in [0.15, 0.2) is 40.1 Å². The van der Waals surface area contributed by atoms with E-state index in [-0.39, 0.29) is 4.90 Å². The summed E-state index contributed by atoms with van der Waals surface area (Å²) in [5.41, 5.74) is 0.937. The van der Waals surface area contributed by atoms with E-state index in [2.05, 4.69) is 34.8 Å². The maximum atomic E-state index is 11.3. The van der Waals surface area contributed by atoms with Crippen LogP contribution in [0.25, 0.3) is 0 Å². The Morgan fingerprint density at radius 2 is 2.14 bits per heavy atom. The lowest BCUT2D eigenvalue weighted by Crippen LogP contribution is -2.12. The third-order valence-corrected chi connectivity index (χ3v) is 4.44. The summed E-state index contributed by atoms with van der Waals surface area (Å²) in [4.78, 5) is 4.14. The lowest BCUT2D eigenvalue weighted by Gasteiger charge is -2.13. The van der Waals surface area contributed by atoms with Gasteiger partial charge in [0, 0.05) is 6.04 Å². The minimum absolute atomic E-state index is 0.0361. The molecule has 0 aliphatic carbocycles. The summed E-state index contributed by atoms with van der Waals surface area (Å²) in [5, 5.41) is 5.08. The Labute approximate surface area is 132 Å². The maximum Gasteiger partial charge on any atom is 0.238 e. The molecule has 21 heavy (non-hydrogen) atoms. The van der Waals surface area contributed by atoms with Gasteiger partial charge in [-0.25, -0.2) is 18.5 Å². The minimum atomic E-state index is -3.72. The largest absolute Gasteiger partial charge is 0.486 e. The Balaban J connectivity index is 2.16. The van der Waals surface area contributed by atoms with Crippen LogP contribution in [-0.4, -0.2) is 18.0 Å². The molecule has 0 unspecified atom stereocenters. The van der Waals surface area contributed by atoms with Crippen LogP contribution in [0.1, 0.15) is 25.6 Å². The molecular weight excluding hydrogens is 358 g/mol. The van der Waals surface area contributed by atoms with E-state index in [0.717, 1.165) is 5.69 Å². The predicted molar refractivity (Wildman–Crippen MR) is 82.5 cm³/mol. The van der Waals surface area contributed by atoms with Crippen molar-refractivity contribution in [3.8, 4) is 5.75 Å². The molecule has 1 aromatic heterocycles. The molecule has 0 bridgehead atoms. The lowest BCUT2D eigenvalue weighted by molar-refractivity contribution is 0.290. The molecular formula is C13H16BrN3O3S. The average molecular weight is 374 g/mol. The standard InChI is InChI=1S/C13H16BrN3O3S/c1-9(2)17-8-16-6-10(17)7-20-13-4-3-11(5-12(13)14)21(15,18)19/h3-6,8-9H,7H2,1-2H3,(H2,15,18,19). The topological polar surface area (TPSA) is 87.2 Å². The van der Waals surface area contributed by atoms with Crippen LogP contribution < -0.4 is 9.88 Å². The molecule has 0 fully saturated rings. The van der Waals surface area contributed by atoms with E-state index < -0.39 is 10.0 Å². The second-order valence-corrected chi connectivity index (χ2v) is 7.23. The van der Waals surface area contributed by atoms with Crippen LogP contribution >= 0.6 is 15.9 Å². The minimum Gasteiger partial charge on any atom is -0.486 e. The van der Waals surface area contributed by atoms with Gasteiger partial charge in [0.15, 0.2) is 0 Å². The van der Waals surface area contributed by atoms with Gasteiger partial charge in [-0.05, 0) is 48.0 Å². The van der Waals surface area contributed by atoms with E-state index in [1.165, 1.54) is 12.1 Å². The third kappa shape index (κ3) is 3.84. The van der Waals surface area contributed by atoms with Crippen molar-refractivity contribution in [2.45, 2.75) is 31.4 Å². The van der Waals surface area contributed by atoms with Gasteiger partial charge < -0.3 is 9.30 Å². The number of imidazole rings is 1. The quantitative estimate of drug-likeness (QED) is 0.871. The Morgan fingerprint density at radius 3 is 2.71 bits per heavy atom. The smallest absolute Gasteiger partial charge is 0.238 e. The van der Waals surface area contributed by atoms with Gasteiger partial charge in [0.05, 0.1) is 27.6 Å². The number of ether oxygens (including phenoxy) is 1. The monoisotopic (exact) mass is 373 g/mol. The number of aromatic nitrogens is 2. The van der Waals surface area contributed by atoms with Crippen LogP contribution in [-0.2, 0) is 16.6 Å². The molecule has 1 heterocycles. The van der Waals surface area contributed by atoms with E-state index in [1.54, 1.807) is 18.6 Å². The van der Waals surface area contributed by atoms with Crippen LogP contribution in [0, 0.1) is 0 Å².